The zero-order valence-corrected chi connectivity index (χ0v) is 19.9. The quantitative estimate of drug-likeness (QED) is 0.266. The number of hydrogen-bond donors (Lipinski definition) is 2. The van der Waals surface area contributed by atoms with Crippen molar-refractivity contribution >= 4 is 22.9 Å². The lowest BCUT2D eigenvalue weighted by molar-refractivity contribution is -0.118. The zero-order chi connectivity index (χ0) is 25.2. The summed E-state index contributed by atoms with van der Waals surface area (Å²) in [6.45, 7) is 3.33. The average molecular weight is 495 g/mol. The Kier molecular flexibility index (Phi) is 6.45. The number of primary amides is 1. The summed E-state index contributed by atoms with van der Waals surface area (Å²) in [5, 5.41) is 0. The number of carbonyl (C=O) groups is 1. The number of aryl methyl sites for hydroxylation is 2. The van der Waals surface area contributed by atoms with Crippen molar-refractivity contribution in [2.75, 3.05) is 18.9 Å². The van der Waals surface area contributed by atoms with Crippen molar-refractivity contribution in [2.45, 2.75) is 45.6 Å². The molecule has 4 N–H and O–H groups in total. The molecule has 4 heterocycles. The van der Waals surface area contributed by atoms with Gasteiger partial charge in [-0.2, -0.15) is 14.4 Å². The number of anilines is 1. The van der Waals surface area contributed by atoms with Crippen LogP contribution in [0.2, 0.25) is 0 Å². The van der Waals surface area contributed by atoms with Gasteiger partial charge in [-0.1, -0.05) is 6.42 Å². The molecule has 0 fully saturated rings. The van der Waals surface area contributed by atoms with Crippen molar-refractivity contribution in [3.63, 3.8) is 0 Å². The van der Waals surface area contributed by atoms with Crippen molar-refractivity contribution in [3.05, 3.63) is 47.5 Å². The van der Waals surface area contributed by atoms with Gasteiger partial charge in [0.25, 0.3) is 0 Å². The summed E-state index contributed by atoms with van der Waals surface area (Å²) in [7, 11) is 0. The Morgan fingerprint density at radius 3 is 2.58 bits per heavy atom. The van der Waals surface area contributed by atoms with E-state index in [1.165, 1.54) is 0 Å². The molecule has 1 amide bonds. The number of furan rings is 1. The van der Waals surface area contributed by atoms with Gasteiger partial charge in [0.05, 0.1) is 0 Å². The fourth-order valence-electron chi connectivity index (χ4n) is 4.41. The lowest BCUT2D eigenvalue weighted by Crippen LogP contribution is -2.16. The van der Waals surface area contributed by atoms with Crippen LogP contribution in [0.1, 0.15) is 42.8 Å². The first-order valence-corrected chi connectivity index (χ1v) is 11.8. The molecule has 5 rings (SSSR count). The summed E-state index contributed by atoms with van der Waals surface area (Å²) in [6.07, 6.45) is 1.96. The summed E-state index contributed by atoms with van der Waals surface area (Å²) >= 11 is 0. The van der Waals surface area contributed by atoms with Crippen LogP contribution >= 0.6 is 0 Å². The number of benzene rings is 1. The number of rotatable bonds is 9. The molecule has 0 atom stereocenters. The van der Waals surface area contributed by atoms with Gasteiger partial charge in [-0.3, -0.25) is 4.79 Å². The number of unbranched alkanes of at least 4 members (excludes halogenated alkanes) is 2. The number of halogens is 1. The van der Waals surface area contributed by atoms with Gasteiger partial charge in [-0.05, 0) is 49.6 Å². The molecule has 0 bridgehead atoms. The molecule has 0 radical (unpaired) electrons. The second-order valence-corrected chi connectivity index (χ2v) is 8.75. The van der Waals surface area contributed by atoms with Crippen LogP contribution in [0.3, 0.4) is 0 Å². The highest BCUT2D eigenvalue weighted by molar-refractivity contribution is 5.82. The lowest BCUT2D eigenvalue weighted by Gasteiger charge is -2.21. The van der Waals surface area contributed by atoms with E-state index in [1.54, 1.807) is 0 Å². The number of fused-ring (bicyclic) bond motifs is 2. The highest BCUT2D eigenvalue weighted by Gasteiger charge is 2.22. The van der Waals surface area contributed by atoms with E-state index in [-0.39, 0.29) is 11.7 Å². The number of nitrogens with zero attached hydrogens (tertiary/aromatic N) is 4. The Balaban J connectivity index is 1.54. The predicted molar refractivity (Wildman–Crippen MR) is 130 cm³/mol. The second kappa shape index (κ2) is 9.84. The van der Waals surface area contributed by atoms with Crippen LogP contribution in [0.25, 0.3) is 22.5 Å². The molecule has 11 heteroatoms. The van der Waals surface area contributed by atoms with E-state index in [1.807, 2.05) is 35.8 Å². The number of carbonyl (C=O) groups excluding carboxylic acids is 1. The predicted octanol–water partition coefficient (Wildman–Crippen LogP) is 3.52. The molecular formula is C25H27FN6O4. The van der Waals surface area contributed by atoms with Gasteiger partial charge in [0, 0.05) is 24.9 Å². The van der Waals surface area contributed by atoms with E-state index in [0.717, 1.165) is 29.7 Å². The first-order chi connectivity index (χ1) is 17.4. The molecular weight excluding hydrogens is 467 g/mol. The van der Waals surface area contributed by atoms with Gasteiger partial charge < -0.3 is 29.9 Å². The van der Waals surface area contributed by atoms with Gasteiger partial charge in [-0.15, -0.1) is 0 Å². The number of nitrogens with two attached hydrogens (primary N) is 2. The Labute approximate surface area is 206 Å². The van der Waals surface area contributed by atoms with Crippen molar-refractivity contribution in [3.8, 4) is 22.8 Å². The first kappa shape index (κ1) is 23.6. The third-order valence-electron chi connectivity index (χ3n) is 6.10. The molecule has 0 saturated carbocycles. The largest absolute Gasteiger partial charge is 0.486 e. The first-order valence-electron chi connectivity index (χ1n) is 11.8. The Morgan fingerprint density at radius 2 is 1.86 bits per heavy atom. The molecule has 0 saturated heterocycles. The fraction of sp³-hybridized carbons (Fsp3) is 0.360. The van der Waals surface area contributed by atoms with Crippen LogP contribution in [0.5, 0.6) is 11.5 Å². The van der Waals surface area contributed by atoms with Crippen molar-refractivity contribution in [1.82, 2.24) is 19.5 Å². The molecule has 4 aromatic rings. The maximum absolute atomic E-state index is 14.1. The zero-order valence-electron chi connectivity index (χ0n) is 19.9. The minimum Gasteiger partial charge on any atom is -0.486 e. The van der Waals surface area contributed by atoms with Crippen LogP contribution in [0.15, 0.2) is 28.7 Å². The molecule has 0 spiro atoms. The second-order valence-electron chi connectivity index (χ2n) is 8.75. The van der Waals surface area contributed by atoms with Gasteiger partial charge in [0.15, 0.2) is 28.5 Å². The Hall–Kier alpha value is -4.15. The monoisotopic (exact) mass is 494 g/mol. The lowest BCUT2D eigenvalue weighted by atomic mass is 10.0. The number of aromatic nitrogens is 4. The fourth-order valence-corrected chi connectivity index (χ4v) is 4.41. The van der Waals surface area contributed by atoms with Crippen LogP contribution < -0.4 is 20.9 Å². The molecule has 0 aliphatic carbocycles. The topological polar surface area (TPSA) is 144 Å². The van der Waals surface area contributed by atoms with Gasteiger partial charge in [-0.25, -0.2) is 4.98 Å². The van der Waals surface area contributed by atoms with Gasteiger partial charge in [0.2, 0.25) is 5.91 Å². The summed E-state index contributed by atoms with van der Waals surface area (Å²) in [6, 6.07) is 7.64. The minimum absolute atomic E-state index is 0.0183. The number of imidazole rings is 1. The van der Waals surface area contributed by atoms with Crippen LogP contribution in [0, 0.1) is 13.0 Å². The highest BCUT2D eigenvalue weighted by Crippen LogP contribution is 2.39. The molecule has 1 aliphatic rings. The van der Waals surface area contributed by atoms with E-state index in [0.29, 0.717) is 73.3 Å². The summed E-state index contributed by atoms with van der Waals surface area (Å²) in [5.74, 6) is 3.07. The molecule has 10 nitrogen and oxygen atoms in total. The van der Waals surface area contributed by atoms with Crippen molar-refractivity contribution in [1.29, 1.82) is 0 Å². The number of nitrogen functional groups attached to an aromatic ring is 1. The van der Waals surface area contributed by atoms with Crippen molar-refractivity contribution < 1.29 is 23.1 Å². The molecule has 0 unspecified atom stereocenters. The number of hydrogen-bond acceptors (Lipinski definition) is 8. The Morgan fingerprint density at radius 1 is 1.08 bits per heavy atom. The maximum Gasteiger partial charge on any atom is 0.312 e. The number of ether oxygens (including phenoxy) is 2. The van der Waals surface area contributed by atoms with Crippen LogP contribution in [-0.4, -0.2) is 38.6 Å². The molecule has 36 heavy (non-hydrogen) atoms. The molecule has 188 valence electrons. The smallest absolute Gasteiger partial charge is 0.312 e. The summed E-state index contributed by atoms with van der Waals surface area (Å²) < 4.78 is 33.5. The normalized spacial score (nSPS) is 12.8. The van der Waals surface area contributed by atoms with Gasteiger partial charge >= 0.3 is 6.08 Å². The standard InChI is InChI=1S/C25H27FN6O4/c1-14-6-7-17(36-14)16-13-19-18(34-9-10-35-19)11-15(16)12-21-29-22-23(28)30-25(26)31-24(22)32(21)8-4-2-3-5-20(27)33/h6-7,11,13H,2-5,8-10,12H2,1H3,(H2,27,33)(H2,28,30,31). The summed E-state index contributed by atoms with van der Waals surface area (Å²) in [4.78, 5) is 23.4. The third kappa shape index (κ3) is 4.81. The molecule has 3 aromatic heterocycles. The molecule has 1 aliphatic heterocycles. The van der Waals surface area contributed by atoms with E-state index < -0.39 is 6.08 Å². The van der Waals surface area contributed by atoms with E-state index in [9.17, 15) is 9.18 Å². The Bertz CT molecular complexity index is 1430. The SMILES string of the molecule is Cc1ccc(-c2cc3c(cc2Cc2nc4c(N)nc(F)nc4n2CCCCCC(N)=O)OCCO3)o1. The van der Waals surface area contributed by atoms with Crippen molar-refractivity contribution in [2.24, 2.45) is 5.73 Å². The number of amides is 1. The third-order valence-corrected chi connectivity index (χ3v) is 6.10. The van der Waals surface area contributed by atoms with E-state index in [2.05, 4.69) is 9.97 Å². The highest BCUT2D eigenvalue weighted by atomic mass is 19.1. The van der Waals surface area contributed by atoms with Crippen LogP contribution in [-0.2, 0) is 17.8 Å². The average Bonchev–Trinajstić information content (AvgIpc) is 3.42. The maximum atomic E-state index is 14.1. The molecule has 1 aromatic carbocycles. The van der Waals surface area contributed by atoms with Crippen LogP contribution in [0.4, 0.5) is 10.2 Å². The summed E-state index contributed by atoms with van der Waals surface area (Å²) in [5.41, 5.74) is 13.6. The van der Waals surface area contributed by atoms with Gasteiger partial charge in [0.1, 0.15) is 30.6 Å². The minimum atomic E-state index is -0.910. The van der Waals surface area contributed by atoms with E-state index in [4.69, 9.17) is 30.3 Å². The van der Waals surface area contributed by atoms with E-state index >= 15 is 0 Å².